The number of nitrogens with zero attached hydrogens (tertiary/aromatic N) is 2. The minimum atomic E-state index is -0.0000840. The van der Waals surface area contributed by atoms with E-state index < -0.39 is 0 Å². The molecule has 2 amide bonds. The first-order valence-electron chi connectivity index (χ1n) is 7.66. The first kappa shape index (κ1) is 16.8. The molecule has 3 heterocycles. The summed E-state index contributed by atoms with van der Waals surface area (Å²) in [5.41, 5.74) is 1.09. The zero-order valence-electron chi connectivity index (χ0n) is 12.8. The lowest BCUT2D eigenvalue weighted by Gasteiger charge is -2.33. The second kappa shape index (κ2) is 7.15. The number of carbonyl (C=O) groups excluding carboxylic acids is 2. The van der Waals surface area contributed by atoms with E-state index in [1.54, 1.807) is 12.3 Å². The zero-order valence-corrected chi connectivity index (χ0v) is 13.6. The van der Waals surface area contributed by atoms with Gasteiger partial charge in [-0.2, -0.15) is 0 Å². The summed E-state index contributed by atoms with van der Waals surface area (Å²) in [6, 6.07) is 1.87. The predicted octanol–water partition coefficient (Wildman–Crippen LogP) is 1.11. The van der Waals surface area contributed by atoms with Crippen LogP contribution in [-0.2, 0) is 0 Å². The molecule has 0 spiro atoms. The van der Waals surface area contributed by atoms with E-state index in [0.717, 1.165) is 39.0 Å². The summed E-state index contributed by atoms with van der Waals surface area (Å²) in [5, 5.41) is 3.27. The molecule has 3 rings (SSSR count). The van der Waals surface area contributed by atoms with Crippen molar-refractivity contribution in [1.29, 1.82) is 0 Å². The Kier molecular flexibility index (Phi) is 5.47. The number of aromatic nitrogens is 1. The maximum absolute atomic E-state index is 12.5. The minimum absolute atomic E-state index is 0. The third-order valence-electron chi connectivity index (χ3n) is 4.32. The Bertz CT molecular complexity index is 539. The molecular weight excluding hydrogens is 304 g/mol. The van der Waals surface area contributed by atoms with Gasteiger partial charge in [0.2, 0.25) is 0 Å². The van der Waals surface area contributed by atoms with Gasteiger partial charge in [0.1, 0.15) is 5.69 Å². The smallest absolute Gasteiger partial charge is 0.270 e. The lowest BCUT2D eigenvalue weighted by molar-refractivity contribution is 0.0656. The Balaban J connectivity index is 0.00000176. The highest BCUT2D eigenvalue weighted by Crippen LogP contribution is 2.15. The number of carbonyl (C=O) groups is 2. The fraction of sp³-hybridized carbons (Fsp3) is 0.600. The molecule has 122 valence electrons. The van der Waals surface area contributed by atoms with Crippen molar-refractivity contribution >= 4 is 24.2 Å². The van der Waals surface area contributed by atoms with Gasteiger partial charge in [-0.25, -0.2) is 0 Å². The second-order valence-corrected chi connectivity index (χ2v) is 5.85. The van der Waals surface area contributed by atoms with Crippen LogP contribution in [0.15, 0.2) is 12.3 Å². The number of piperazine rings is 1. The maximum Gasteiger partial charge on any atom is 0.270 e. The van der Waals surface area contributed by atoms with Crippen LogP contribution >= 0.6 is 12.4 Å². The molecule has 0 radical (unpaired) electrons. The Hall–Kier alpha value is -1.53. The van der Waals surface area contributed by atoms with Crippen LogP contribution < -0.4 is 5.32 Å². The summed E-state index contributed by atoms with van der Waals surface area (Å²) in [7, 11) is 0. The molecule has 1 aromatic heterocycles. The van der Waals surface area contributed by atoms with Crippen LogP contribution in [-0.4, -0.2) is 65.4 Å². The van der Waals surface area contributed by atoms with E-state index in [1.165, 1.54) is 0 Å². The molecule has 1 atom stereocenters. The highest BCUT2D eigenvalue weighted by molar-refractivity contribution is 5.99. The van der Waals surface area contributed by atoms with Crippen molar-refractivity contribution in [2.24, 2.45) is 0 Å². The third-order valence-corrected chi connectivity index (χ3v) is 4.32. The van der Waals surface area contributed by atoms with Gasteiger partial charge in [-0.3, -0.25) is 9.59 Å². The predicted molar refractivity (Wildman–Crippen MR) is 86.5 cm³/mol. The number of likely N-dealkylation sites (tertiary alicyclic amines) is 1. The van der Waals surface area contributed by atoms with E-state index >= 15 is 0 Å². The SMILES string of the molecule is C[C@@H]1CNCCN1C(=O)c1c[nH]c(C(=O)N2CCCC2)c1.Cl. The molecule has 22 heavy (non-hydrogen) atoms. The minimum Gasteiger partial charge on any atom is -0.356 e. The fourth-order valence-electron chi connectivity index (χ4n) is 3.04. The van der Waals surface area contributed by atoms with Crippen molar-refractivity contribution in [2.45, 2.75) is 25.8 Å². The second-order valence-electron chi connectivity index (χ2n) is 5.85. The van der Waals surface area contributed by atoms with Crippen molar-refractivity contribution in [1.82, 2.24) is 20.1 Å². The van der Waals surface area contributed by atoms with E-state index in [4.69, 9.17) is 0 Å². The number of H-pyrrole nitrogens is 1. The summed E-state index contributed by atoms with van der Waals surface area (Å²) in [4.78, 5) is 31.5. The molecule has 1 aromatic rings. The average molecular weight is 327 g/mol. The van der Waals surface area contributed by atoms with E-state index in [-0.39, 0.29) is 30.3 Å². The van der Waals surface area contributed by atoms with Gasteiger partial charge in [0.05, 0.1) is 5.56 Å². The summed E-state index contributed by atoms with van der Waals surface area (Å²) < 4.78 is 0. The quantitative estimate of drug-likeness (QED) is 0.855. The molecule has 0 saturated carbocycles. The maximum atomic E-state index is 12.5. The largest absolute Gasteiger partial charge is 0.356 e. The summed E-state index contributed by atoms with van der Waals surface area (Å²) in [6.45, 7) is 6.01. The molecule has 6 nitrogen and oxygen atoms in total. The molecule has 0 aromatic carbocycles. The molecule has 2 N–H and O–H groups in total. The van der Waals surface area contributed by atoms with Crippen LogP contribution in [0.1, 0.15) is 40.6 Å². The Morgan fingerprint density at radius 3 is 2.59 bits per heavy atom. The normalized spacial score (nSPS) is 21.6. The Morgan fingerprint density at radius 1 is 1.18 bits per heavy atom. The standard InChI is InChI=1S/C15H22N4O2.ClH/c1-11-9-16-4-7-19(11)14(20)12-8-13(17-10-12)15(21)18-5-2-3-6-18;/h8,10-11,16-17H,2-7,9H2,1H3;1H/t11-;/m1./s1. The number of hydrogen-bond donors (Lipinski definition) is 2. The van der Waals surface area contributed by atoms with Crippen LogP contribution in [0.25, 0.3) is 0 Å². The lowest BCUT2D eigenvalue weighted by Crippen LogP contribution is -2.52. The van der Waals surface area contributed by atoms with Gasteiger partial charge in [-0.1, -0.05) is 0 Å². The van der Waals surface area contributed by atoms with Crippen molar-refractivity contribution in [3.05, 3.63) is 23.5 Å². The molecule has 0 bridgehead atoms. The highest BCUT2D eigenvalue weighted by atomic mass is 35.5. The van der Waals surface area contributed by atoms with E-state index in [9.17, 15) is 9.59 Å². The van der Waals surface area contributed by atoms with Gasteiger partial charge in [0.15, 0.2) is 0 Å². The van der Waals surface area contributed by atoms with Crippen molar-refractivity contribution in [2.75, 3.05) is 32.7 Å². The van der Waals surface area contributed by atoms with Gasteiger partial charge < -0.3 is 20.1 Å². The van der Waals surface area contributed by atoms with Gasteiger partial charge in [0.25, 0.3) is 11.8 Å². The molecule has 2 aliphatic heterocycles. The van der Waals surface area contributed by atoms with Gasteiger partial charge in [-0.05, 0) is 25.8 Å². The van der Waals surface area contributed by atoms with Crippen molar-refractivity contribution in [3.63, 3.8) is 0 Å². The molecule has 2 fully saturated rings. The van der Waals surface area contributed by atoms with E-state index in [1.807, 2.05) is 16.7 Å². The van der Waals surface area contributed by atoms with Crippen LogP contribution in [0.2, 0.25) is 0 Å². The number of rotatable bonds is 2. The molecule has 2 aliphatic rings. The number of hydrogen-bond acceptors (Lipinski definition) is 3. The van der Waals surface area contributed by atoms with Crippen molar-refractivity contribution < 1.29 is 9.59 Å². The van der Waals surface area contributed by atoms with Crippen LogP contribution in [0.4, 0.5) is 0 Å². The number of nitrogens with one attached hydrogen (secondary N) is 2. The lowest BCUT2D eigenvalue weighted by atomic mass is 10.1. The van der Waals surface area contributed by atoms with Crippen LogP contribution in [0.5, 0.6) is 0 Å². The van der Waals surface area contributed by atoms with E-state index in [0.29, 0.717) is 17.8 Å². The van der Waals surface area contributed by atoms with Gasteiger partial charge in [0, 0.05) is 45.0 Å². The molecule has 0 unspecified atom stereocenters. The summed E-state index contributed by atoms with van der Waals surface area (Å²) >= 11 is 0. The van der Waals surface area contributed by atoms with Gasteiger partial charge >= 0.3 is 0 Å². The third kappa shape index (κ3) is 3.28. The average Bonchev–Trinajstić information content (AvgIpc) is 3.18. The molecule has 7 heteroatoms. The number of aromatic amines is 1. The first-order valence-corrected chi connectivity index (χ1v) is 7.66. The van der Waals surface area contributed by atoms with Crippen LogP contribution in [0.3, 0.4) is 0 Å². The monoisotopic (exact) mass is 326 g/mol. The number of halogens is 1. The topological polar surface area (TPSA) is 68.4 Å². The molecule has 2 saturated heterocycles. The van der Waals surface area contributed by atoms with E-state index in [2.05, 4.69) is 10.3 Å². The van der Waals surface area contributed by atoms with Crippen LogP contribution in [0, 0.1) is 0 Å². The highest BCUT2D eigenvalue weighted by Gasteiger charge is 2.26. The summed E-state index contributed by atoms with van der Waals surface area (Å²) in [6.07, 6.45) is 3.79. The molecular formula is C15H23ClN4O2. The fourth-order valence-corrected chi connectivity index (χ4v) is 3.04. The zero-order chi connectivity index (χ0) is 14.8. The Morgan fingerprint density at radius 2 is 1.91 bits per heavy atom. The van der Waals surface area contributed by atoms with Gasteiger partial charge in [-0.15, -0.1) is 12.4 Å². The summed E-state index contributed by atoms with van der Waals surface area (Å²) in [5.74, 6) is 0.000584. The molecule has 0 aliphatic carbocycles. The van der Waals surface area contributed by atoms with Crippen molar-refractivity contribution in [3.8, 4) is 0 Å². The Labute approximate surface area is 136 Å². The first-order chi connectivity index (χ1) is 10.2. The number of amides is 2.